The van der Waals surface area contributed by atoms with Gasteiger partial charge in [-0.15, -0.1) is 0 Å². The molecule has 2 aromatic rings. The Morgan fingerprint density at radius 3 is 2.33 bits per heavy atom. The minimum Gasteiger partial charge on any atom is -0.444 e. The topological polar surface area (TPSA) is 51.5 Å². The van der Waals surface area contributed by atoms with Crippen LogP contribution >= 0.6 is 0 Å². The number of fused-ring (bicyclic) bond motifs is 1. The minimum atomic E-state index is -4.44. The highest BCUT2D eigenvalue weighted by atomic mass is 19.4. The molecule has 0 radical (unpaired) electrons. The molecule has 1 aliphatic heterocycles. The second-order valence-electron chi connectivity index (χ2n) is 9.97. The summed E-state index contributed by atoms with van der Waals surface area (Å²) in [5.74, 6) is 0.429. The molecule has 0 N–H and O–H groups in total. The number of benzene rings is 1. The van der Waals surface area contributed by atoms with Crippen LogP contribution in [0, 0.1) is 5.92 Å². The smallest absolute Gasteiger partial charge is 0.416 e. The van der Waals surface area contributed by atoms with Crippen LogP contribution in [-0.2, 0) is 30.4 Å². The van der Waals surface area contributed by atoms with Crippen molar-refractivity contribution < 1.29 is 22.7 Å². The molecule has 0 unspecified atom stereocenters. The summed E-state index contributed by atoms with van der Waals surface area (Å²) >= 11 is 0. The Hall–Kier alpha value is -2.77. The molecule has 1 aliphatic carbocycles. The van der Waals surface area contributed by atoms with E-state index < -0.39 is 23.4 Å². The Bertz CT molecular complexity index is 1090. The van der Waals surface area contributed by atoms with E-state index in [4.69, 9.17) is 4.74 Å². The van der Waals surface area contributed by atoms with Gasteiger partial charge in [-0.2, -0.15) is 13.2 Å². The van der Waals surface area contributed by atoms with Crippen molar-refractivity contribution in [2.24, 2.45) is 5.92 Å². The number of aromatic nitrogens is 1. The average molecular weight is 463 g/mol. The van der Waals surface area contributed by atoms with Gasteiger partial charge in [0.2, 0.25) is 0 Å². The molecular formula is C25H29F3N2O3. The number of carbonyl (C=O) groups excluding carboxylic acids is 1. The van der Waals surface area contributed by atoms with E-state index in [0.29, 0.717) is 43.1 Å². The number of amides is 1. The van der Waals surface area contributed by atoms with Crippen molar-refractivity contribution in [3.63, 3.8) is 0 Å². The van der Waals surface area contributed by atoms with Crippen molar-refractivity contribution >= 4 is 6.09 Å². The molecular weight excluding hydrogens is 433 g/mol. The summed E-state index contributed by atoms with van der Waals surface area (Å²) in [5, 5.41) is 0. The van der Waals surface area contributed by atoms with Gasteiger partial charge < -0.3 is 14.2 Å². The lowest BCUT2D eigenvalue weighted by Crippen LogP contribution is -2.42. The van der Waals surface area contributed by atoms with Gasteiger partial charge in [0.25, 0.3) is 5.56 Å². The van der Waals surface area contributed by atoms with E-state index in [-0.39, 0.29) is 5.56 Å². The number of rotatable bonds is 3. The van der Waals surface area contributed by atoms with E-state index in [0.717, 1.165) is 42.7 Å². The normalized spacial score (nSPS) is 16.8. The zero-order chi connectivity index (χ0) is 24.0. The third kappa shape index (κ3) is 5.09. The number of nitrogens with zero attached hydrogens (tertiary/aromatic N) is 2. The number of pyridine rings is 1. The first-order chi connectivity index (χ1) is 15.4. The lowest BCUT2D eigenvalue weighted by atomic mass is 9.85. The second-order valence-corrected chi connectivity index (χ2v) is 9.97. The molecule has 33 heavy (non-hydrogen) atoms. The van der Waals surface area contributed by atoms with Gasteiger partial charge in [-0.1, -0.05) is 18.6 Å². The fraction of sp³-hybridized carbons (Fsp3) is 0.520. The molecule has 4 rings (SSSR count). The van der Waals surface area contributed by atoms with Gasteiger partial charge in [-0.3, -0.25) is 4.79 Å². The Morgan fingerprint density at radius 2 is 1.79 bits per heavy atom. The Balaban J connectivity index is 1.72. The van der Waals surface area contributed by atoms with Gasteiger partial charge >= 0.3 is 12.3 Å². The van der Waals surface area contributed by atoms with Crippen LogP contribution < -0.4 is 5.56 Å². The SMILES string of the molecule is CC(C)(C)OC(=O)N1CCc2c(cc(-c3ccc(C(F)(F)F)cc3)c(=O)n2CC2CCC2)C1. The number of ether oxygens (including phenoxy) is 1. The molecule has 0 saturated heterocycles. The molecule has 0 spiro atoms. The lowest BCUT2D eigenvalue weighted by molar-refractivity contribution is -0.137. The van der Waals surface area contributed by atoms with E-state index in [1.807, 2.05) is 20.8 Å². The van der Waals surface area contributed by atoms with Crippen molar-refractivity contribution in [1.29, 1.82) is 0 Å². The number of hydrogen-bond donors (Lipinski definition) is 0. The number of alkyl halides is 3. The van der Waals surface area contributed by atoms with Gasteiger partial charge in [0.05, 0.1) is 12.1 Å². The van der Waals surface area contributed by atoms with E-state index in [2.05, 4.69) is 0 Å². The van der Waals surface area contributed by atoms with Crippen molar-refractivity contribution in [2.45, 2.75) is 71.3 Å². The highest BCUT2D eigenvalue weighted by Crippen LogP contribution is 2.33. The Morgan fingerprint density at radius 1 is 1.12 bits per heavy atom. The van der Waals surface area contributed by atoms with E-state index in [1.54, 1.807) is 15.5 Å². The van der Waals surface area contributed by atoms with Crippen LogP contribution in [0.4, 0.5) is 18.0 Å². The maximum Gasteiger partial charge on any atom is 0.416 e. The molecule has 0 atom stereocenters. The molecule has 2 heterocycles. The maximum absolute atomic E-state index is 13.4. The van der Waals surface area contributed by atoms with Crippen molar-refractivity contribution in [3.05, 3.63) is 57.5 Å². The third-order valence-electron chi connectivity index (χ3n) is 6.31. The van der Waals surface area contributed by atoms with E-state index in [1.165, 1.54) is 12.1 Å². The molecule has 1 fully saturated rings. The summed E-state index contributed by atoms with van der Waals surface area (Å²) in [6.07, 6.45) is -1.05. The summed E-state index contributed by atoms with van der Waals surface area (Å²) in [6, 6.07) is 6.41. The zero-order valence-electron chi connectivity index (χ0n) is 19.2. The zero-order valence-corrected chi connectivity index (χ0v) is 19.2. The van der Waals surface area contributed by atoms with Gasteiger partial charge in [0.1, 0.15) is 5.60 Å². The van der Waals surface area contributed by atoms with Crippen molar-refractivity contribution in [1.82, 2.24) is 9.47 Å². The minimum absolute atomic E-state index is 0.189. The first kappa shape index (κ1) is 23.4. The molecule has 1 amide bonds. The predicted molar refractivity (Wildman–Crippen MR) is 119 cm³/mol. The summed E-state index contributed by atoms with van der Waals surface area (Å²) in [6.45, 7) is 6.77. The van der Waals surface area contributed by atoms with Crippen LogP contribution in [0.3, 0.4) is 0 Å². The summed E-state index contributed by atoms with van der Waals surface area (Å²) < 4.78 is 46.3. The molecule has 5 nitrogen and oxygen atoms in total. The molecule has 8 heteroatoms. The van der Waals surface area contributed by atoms with Gasteiger partial charge in [0.15, 0.2) is 0 Å². The Kier molecular flexibility index (Phi) is 6.05. The quantitative estimate of drug-likeness (QED) is 0.594. The third-order valence-corrected chi connectivity index (χ3v) is 6.31. The van der Waals surface area contributed by atoms with Gasteiger partial charge in [-0.05, 0) is 68.9 Å². The summed E-state index contributed by atoms with van der Waals surface area (Å²) in [4.78, 5) is 27.7. The molecule has 178 valence electrons. The number of hydrogen-bond acceptors (Lipinski definition) is 3. The largest absolute Gasteiger partial charge is 0.444 e. The monoisotopic (exact) mass is 462 g/mol. The average Bonchev–Trinajstić information content (AvgIpc) is 2.69. The Labute approximate surface area is 191 Å². The summed E-state index contributed by atoms with van der Waals surface area (Å²) in [5.41, 5.74) is 0.969. The van der Waals surface area contributed by atoms with Crippen molar-refractivity contribution in [3.8, 4) is 11.1 Å². The number of carbonyl (C=O) groups is 1. The fourth-order valence-electron chi connectivity index (χ4n) is 4.37. The van der Waals surface area contributed by atoms with Crippen LogP contribution in [0.5, 0.6) is 0 Å². The second kappa shape index (κ2) is 8.54. The molecule has 0 bridgehead atoms. The van der Waals surface area contributed by atoms with Crippen LogP contribution in [-0.4, -0.2) is 27.7 Å². The van der Waals surface area contributed by atoms with Crippen LogP contribution in [0.1, 0.15) is 56.9 Å². The van der Waals surface area contributed by atoms with Gasteiger partial charge in [0, 0.05) is 30.8 Å². The van der Waals surface area contributed by atoms with E-state index >= 15 is 0 Å². The van der Waals surface area contributed by atoms with Crippen LogP contribution in [0.25, 0.3) is 11.1 Å². The molecule has 1 aromatic heterocycles. The first-order valence-electron chi connectivity index (χ1n) is 11.3. The van der Waals surface area contributed by atoms with E-state index in [9.17, 15) is 22.8 Å². The highest BCUT2D eigenvalue weighted by Gasteiger charge is 2.31. The van der Waals surface area contributed by atoms with Crippen molar-refractivity contribution in [2.75, 3.05) is 6.54 Å². The first-order valence-corrected chi connectivity index (χ1v) is 11.3. The summed E-state index contributed by atoms with van der Waals surface area (Å²) in [7, 11) is 0. The maximum atomic E-state index is 13.4. The predicted octanol–water partition coefficient (Wildman–Crippen LogP) is 5.63. The van der Waals surface area contributed by atoms with Gasteiger partial charge in [-0.25, -0.2) is 4.79 Å². The fourth-order valence-corrected chi connectivity index (χ4v) is 4.37. The number of halogens is 3. The molecule has 1 saturated carbocycles. The lowest BCUT2D eigenvalue weighted by Gasteiger charge is -2.34. The highest BCUT2D eigenvalue weighted by molar-refractivity contribution is 5.69. The van der Waals surface area contributed by atoms with Crippen LogP contribution in [0.2, 0.25) is 0 Å². The molecule has 1 aromatic carbocycles. The van der Waals surface area contributed by atoms with Crippen LogP contribution in [0.15, 0.2) is 35.1 Å². The molecule has 2 aliphatic rings. The standard InChI is InChI=1S/C25H29F3N2O3/c1-24(2,3)33-23(32)29-12-11-21-18(15-29)13-20(22(31)30(21)14-16-5-4-6-16)17-7-9-19(10-8-17)25(26,27)28/h7-10,13,16H,4-6,11-12,14-15H2,1-3H3.